The van der Waals surface area contributed by atoms with E-state index in [1.54, 1.807) is 0 Å². The van der Waals surface area contributed by atoms with Crippen LogP contribution in [0.4, 0.5) is 0 Å². The fourth-order valence-electron chi connectivity index (χ4n) is 0.722. The molecule has 0 N–H and O–H groups in total. The SMILES string of the molecule is [C-]#C.[CH-]1CCCC1.[Eu+2]. The first-order valence-electron chi connectivity index (χ1n) is 2.61. The zero-order valence-corrected chi connectivity index (χ0v) is 7.29. The third-order valence-electron chi connectivity index (χ3n) is 1.07. The average Bonchev–Trinajstić information content (AvgIpc) is 2.23. The summed E-state index contributed by atoms with van der Waals surface area (Å²) in [4.78, 5) is 0. The topological polar surface area (TPSA) is 0 Å². The van der Waals surface area contributed by atoms with Gasteiger partial charge in [0.1, 0.15) is 0 Å². The molecule has 0 atom stereocenters. The van der Waals surface area contributed by atoms with E-state index in [-0.39, 0.29) is 49.4 Å². The molecule has 0 unspecified atom stereocenters. The van der Waals surface area contributed by atoms with Crippen LogP contribution in [0.3, 0.4) is 0 Å². The smallest absolute Gasteiger partial charge is 0.697 e. The Hall–Kier alpha value is 1.14. The summed E-state index contributed by atoms with van der Waals surface area (Å²) in [6.45, 7) is 0. The first-order chi connectivity index (χ1) is 3.50. The third-order valence-corrected chi connectivity index (χ3v) is 1.07. The molecule has 45 valence electrons. The fourth-order valence-corrected chi connectivity index (χ4v) is 0.722. The van der Waals surface area contributed by atoms with Crippen molar-refractivity contribution in [1.82, 2.24) is 0 Å². The number of rotatable bonds is 0. The third kappa shape index (κ3) is 7.14. The molecule has 1 aliphatic rings. The van der Waals surface area contributed by atoms with Gasteiger partial charge in [0.05, 0.1) is 0 Å². The maximum Gasteiger partial charge on any atom is 2.00 e. The Balaban J connectivity index is 0. The molecule has 0 spiro atoms. The zero-order valence-electron chi connectivity index (χ0n) is 4.86. The molecule has 0 amide bonds. The van der Waals surface area contributed by atoms with Gasteiger partial charge >= 0.3 is 49.4 Å². The maximum atomic E-state index is 5.25. The molecule has 0 aliphatic heterocycles. The van der Waals surface area contributed by atoms with Gasteiger partial charge in [-0.25, -0.2) is 0 Å². The molecule has 1 fully saturated rings. The fraction of sp³-hybridized carbons (Fsp3) is 0.571. The zero-order chi connectivity index (χ0) is 5.54. The van der Waals surface area contributed by atoms with E-state index in [1.165, 1.54) is 25.7 Å². The quantitative estimate of drug-likeness (QED) is 0.453. The van der Waals surface area contributed by atoms with Gasteiger partial charge in [-0.15, -0.1) is 0 Å². The number of hydrogen-bond donors (Lipinski definition) is 0. The summed E-state index contributed by atoms with van der Waals surface area (Å²) in [5.74, 6) is 0. The van der Waals surface area contributed by atoms with Gasteiger partial charge in [0, 0.05) is 0 Å². The van der Waals surface area contributed by atoms with Crippen molar-refractivity contribution in [2.45, 2.75) is 25.7 Å². The van der Waals surface area contributed by atoms with Crippen LogP contribution in [0.1, 0.15) is 25.7 Å². The van der Waals surface area contributed by atoms with E-state index < -0.39 is 0 Å². The van der Waals surface area contributed by atoms with Crippen LogP contribution >= 0.6 is 0 Å². The van der Waals surface area contributed by atoms with Gasteiger partial charge in [-0.3, -0.25) is 0 Å². The van der Waals surface area contributed by atoms with Crippen molar-refractivity contribution in [3.05, 3.63) is 12.8 Å². The Morgan fingerprint density at radius 2 is 1.50 bits per heavy atom. The van der Waals surface area contributed by atoms with Crippen LogP contribution in [0.25, 0.3) is 0 Å². The first kappa shape index (κ1) is 11.9. The molecular weight excluding hydrogens is 236 g/mol. The van der Waals surface area contributed by atoms with E-state index in [2.05, 4.69) is 12.8 Å². The Labute approximate surface area is 93.0 Å². The van der Waals surface area contributed by atoms with Crippen molar-refractivity contribution < 1.29 is 49.4 Å². The Kier molecular flexibility index (Phi) is 16.4. The Bertz CT molecular complexity index is 36.0. The predicted octanol–water partition coefficient (Wildman–Crippen LogP) is 1.97. The van der Waals surface area contributed by atoms with Crippen LogP contribution in [0.15, 0.2) is 0 Å². The van der Waals surface area contributed by atoms with Crippen molar-refractivity contribution in [2.75, 3.05) is 0 Å². The molecule has 0 heterocycles. The van der Waals surface area contributed by atoms with Gasteiger partial charge in [-0.1, -0.05) is 12.8 Å². The molecule has 0 saturated heterocycles. The minimum Gasteiger partial charge on any atom is -0.697 e. The van der Waals surface area contributed by atoms with Crippen molar-refractivity contribution >= 4 is 0 Å². The molecule has 1 radical (unpaired) electrons. The van der Waals surface area contributed by atoms with Gasteiger partial charge in [0.25, 0.3) is 0 Å². The summed E-state index contributed by atoms with van der Waals surface area (Å²) in [6.07, 6.45) is 17.0. The van der Waals surface area contributed by atoms with Gasteiger partial charge < -0.3 is 19.3 Å². The summed E-state index contributed by atoms with van der Waals surface area (Å²) in [5, 5.41) is 0. The normalized spacial score (nSPS) is 15.2. The van der Waals surface area contributed by atoms with E-state index in [0.29, 0.717) is 0 Å². The Morgan fingerprint density at radius 1 is 1.12 bits per heavy atom. The molecule has 0 aromatic carbocycles. The van der Waals surface area contributed by atoms with Crippen LogP contribution < -0.4 is 0 Å². The van der Waals surface area contributed by atoms with Crippen molar-refractivity contribution in [3.63, 3.8) is 0 Å². The molecule has 1 rings (SSSR count). The monoisotopic (exact) mass is 247 g/mol. The van der Waals surface area contributed by atoms with Crippen molar-refractivity contribution in [2.24, 2.45) is 0 Å². The maximum absolute atomic E-state index is 5.25. The van der Waals surface area contributed by atoms with Crippen LogP contribution in [0.2, 0.25) is 0 Å². The van der Waals surface area contributed by atoms with E-state index in [0.717, 1.165) is 0 Å². The molecule has 0 bridgehead atoms. The Morgan fingerprint density at radius 3 is 1.62 bits per heavy atom. The average molecular weight is 246 g/mol. The minimum atomic E-state index is 0. The molecule has 0 nitrogen and oxygen atoms in total. The van der Waals surface area contributed by atoms with Gasteiger partial charge in [-0.2, -0.15) is 12.8 Å². The van der Waals surface area contributed by atoms with Crippen LogP contribution in [0.5, 0.6) is 0 Å². The number of terminal acetylenes is 1. The van der Waals surface area contributed by atoms with Gasteiger partial charge in [0.2, 0.25) is 0 Å². The van der Waals surface area contributed by atoms with E-state index in [4.69, 9.17) is 6.42 Å². The molecular formula is C7H10Eu. The van der Waals surface area contributed by atoms with Crippen molar-refractivity contribution in [3.8, 4) is 6.42 Å². The molecule has 1 heteroatoms. The molecule has 1 aliphatic carbocycles. The van der Waals surface area contributed by atoms with Crippen molar-refractivity contribution in [1.29, 1.82) is 0 Å². The summed E-state index contributed by atoms with van der Waals surface area (Å²) >= 11 is 0. The van der Waals surface area contributed by atoms with E-state index >= 15 is 0 Å². The molecule has 0 aromatic heterocycles. The standard InChI is InChI=1S/C5H9.C2H.Eu/c1-2-4-5-3-1;1-2;/h1H,2-5H2;1H;/q2*-1;+2. The molecule has 1 saturated carbocycles. The van der Waals surface area contributed by atoms with Crippen LogP contribution in [-0.2, 0) is 0 Å². The molecule has 8 heavy (non-hydrogen) atoms. The summed E-state index contributed by atoms with van der Waals surface area (Å²) in [7, 11) is 0. The van der Waals surface area contributed by atoms with Crippen LogP contribution in [-0.4, -0.2) is 0 Å². The second kappa shape index (κ2) is 11.0. The summed E-state index contributed by atoms with van der Waals surface area (Å²) in [6, 6.07) is 0. The predicted molar refractivity (Wildman–Crippen MR) is 31.0 cm³/mol. The second-order valence-electron chi connectivity index (χ2n) is 1.57. The van der Waals surface area contributed by atoms with Gasteiger partial charge in [0.15, 0.2) is 0 Å². The van der Waals surface area contributed by atoms with Crippen LogP contribution in [0, 0.1) is 68.6 Å². The second-order valence-corrected chi connectivity index (χ2v) is 1.57. The largest absolute Gasteiger partial charge is 2.00 e. The summed E-state index contributed by atoms with van der Waals surface area (Å²) < 4.78 is 0. The number of hydrogen-bond acceptors (Lipinski definition) is 0. The molecule has 0 aromatic rings. The first-order valence-corrected chi connectivity index (χ1v) is 2.61. The van der Waals surface area contributed by atoms with E-state index in [1.807, 2.05) is 0 Å². The summed E-state index contributed by atoms with van der Waals surface area (Å²) in [5.41, 5.74) is 0. The minimum absolute atomic E-state index is 0. The van der Waals surface area contributed by atoms with Gasteiger partial charge in [-0.05, 0) is 0 Å². The van der Waals surface area contributed by atoms with E-state index in [9.17, 15) is 0 Å².